The first-order valence-electron chi connectivity index (χ1n) is 5.67. The van der Waals surface area contributed by atoms with Crippen LogP contribution >= 0.6 is 0 Å². The molecule has 0 unspecified atom stereocenters. The van der Waals surface area contributed by atoms with Crippen LogP contribution in [0.3, 0.4) is 0 Å². The van der Waals surface area contributed by atoms with Crippen molar-refractivity contribution in [3.63, 3.8) is 0 Å². The van der Waals surface area contributed by atoms with E-state index in [1.807, 2.05) is 22.8 Å². The van der Waals surface area contributed by atoms with Gasteiger partial charge in [-0.05, 0) is 0 Å². The van der Waals surface area contributed by atoms with Gasteiger partial charge in [0.05, 0.1) is 31.8 Å². The van der Waals surface area contributed by atoms with Gasteiger partial charge in [-0.3, -0.25) is 0 Å². The molecule has 1 aromatic carbocycles. The molecule has 1 aromatic heterocycles. The van der Waals surface area contributed by atoms with E-state index in [1.54, 1.807) is 14.2 Å². The van der Waals surface area contributed by atoms with Crippen LogP contribution < -0.4 is 15.2 Å². The summed E-state index contributed by atoms with van der Waals surface area (Å²) in [6, 6.07) is 3.76. The van der Waals surface area contributed by atoms with E-state index in [2.05, 4.69) is 11.6 Å². The van der Waals surface area contributed by atoms with Gasteiger partial charge in [-0.2, -0.15) is 0 Å². The van der Waals surface area contributed by atoms with E-state index in [1.165, 1.54) is 0 Å². The molecule has 96 valence electrons. The molecule has 0 saturated heterocycles. The van der Waals surface area contributed by atoms with Crippen molar-refractivity contribution in [2.75, 3.05) is 14.2 Å². The summed E-state index contributed by atoms with van der Waals surface area (Å²) < 4.78 is 12.6. The van der Waals surface area contributed by atoms with Crippen molar-refractivity contribution < 1.29 is 9.47 Å². The number of fused-ring (bicyclic) bond motifs is 1. The van der Waals surface area contributed by atoms with Gasteiger partial charge in [0.15, 0.2) is 11.5 Å². The summed E-state index contributed by atoms with van der Waals surface area (Å²) in [4.78, 5) is 4.49. The van der Waals surface area contributed by atoms with Crippen molar-refractivity contribution in [1.29, 1.82) is 0 Å². The number of rotatable bonds is 5. The molecule has 2 aromatic rings. The minimum absolute atomic E-state index is 0.382. The molecule has 0 atom stereocenters. The average molecular weight is 247 g/mol. The number of hydrogen-bond donors (Lipinski definition) is 1. The third kappa shape index (κ3) is 1.93. The SMILES string of the molecule is C=CCn1c(CN)nc2cc(OC)c(OC)cc21. The minimum Gasteiger partial charge on any atom is -0.493 e. The molecule has 0 aliphatic heterocycles. The Morgan fingerprint density at radius 1 is 1.33 bits per heavy atom. The molecule has 0 aliphatic rings. The van der Waals surface area contributed by atoms with Gasteiger partial charge in [-0.25, -0.2) is 4.98 Å². The lowest BCUT2D eigenvalue weighted by atomic mass is 10.2. The van der Waals surface area contributed by atoms with E-state index in [9.17, 15) is 0 Å². The molecule has 18 heavy (non-hydrogen) atoms. The van der Waals surface area contributed by atoms with Crippen molar-refractivity contribution in [3.05, 3.63) is 30.6 Å². The van der Waals surface area contributed by atoms with Crippen LogP contribution in [-0.2, 0) is 13.1 Å². The van der Waals surface area contributed by atoms with Gasteiger partial charge in [0, 0.05) is 18.7 Å². The third-order valence-corrected chi connectivity index (χ3v) is 2.83. The van der Waals surface area contributed by atoms with Crippen LogP contribution in [0.4, 0.5) is 0 Å². The molecule has 0 amide bonds. The lowest BCUT2D eigenvalue weighted by molar-refractivity contribution is 0.355. The number of methoxy groups -OCH3 is 2. The summed E-state index contributed by atoms with van der Waals surface area (Å²) in [7, 11) is 3.22. The molecule has 0 aliphatic carbocycles. The van der Waals surface area contributed by atoms with Crippen molar-refractivity contribution in [2.24, 2.45) is 5.73 Å². The fourth-order valence-corrected chi connectivity index (χ4v) is 1.99. The Morgan fingerprint density at radius 2 is 2.00 bits per heavy atom. The van der Waals surface area contributed by atoms with Gasteiger partial charge < -0.3 is 19.8 Å². The second-order valence-electron chi connectivity index (χ2n) is 3.83. The number of benzene rings is 1. The van der Waals surface area contributed by atoms with E-state index in [0.717, 1.165) is 16.9 Å². The smallest absolute Gasteiger partial charge is 0.163 e. The highest BCUT2D eigenvalue weighted by Crippen LogP contribution is 2.32. The molecule has 0 saturated carbocycles. The number of ether oxygens (including phenoxy) is 2. The Balaban J connectivity index is 2.70. The Hall–Kier alpha value is -2.01. The fourth-order valence-electron chi connectivity index (χ4n) is 1.99. The van der Waals surface area contributed by atoms with Crippen LogP contribution in [0.15, 0.2) is 24.8 Å². The Morgan fingerprint density at radius 3 is 2.56 bits per heavy atom. The van der Waals surface area contributed by atoms with Gasteiger partial charge in [0.1, 0.15) is 5.82 Å². The summed E-state index contributed by atoms with van der Waals surface area (Å²) in [5.41, 5.74) is 7.51. The third-order valence-electron chi connectivity index (χ3n) is 2.83. The molecule has 2 N–H and O–H groups in total. The normalized spacial score (nSPS) is 10.6. The molecular weight excluding hydrogens is 230 g/mol. The van der Waals surface area contributed by atoms with E-state index < -0.39 is 0 Å². The number of aromatic nitrogens is 2. The summed E-state index contributed by atoms with van der Waals surface area (Å²) in [6.07, 6.45) is 1.82. The van der Waals surface area contributed by atoms with Gasteiger partial charge in [-0.15, -0.1) is 6.58 Å². The highest BCUT2D eigenvalue weighted by Gasteiger charge is 2.13. The Kier molecular flexibility index (Phi) is 3.53. The van der Waals surface area contributed by atoms with Crippen LogP contribution in [0, 0.1) is 0 Å². The maximum atomic E-state index is 5.71. The second kappa shape index (κ2) is 5.10. The zero-order valence-corrected chi connectivity index (χ0v) is 10.6. The van der Waals surface area contributed by atoms with Crippen LogP contribution in [-0.4, -0.2) is 23.8 Å². The van der Waals surface area contributed by atoms with Crippen LogP contribution in [0.25, 0.3) is 11.0 Å². The van der Waals surface area contributed by atoms with Crippen LogP contribution in [0.1, 0.15) is 5.82 Å². The van der Waals surface area contributed by atoms with Gasteiger partial charge in [-0.1, -0.05) is 6.08 Å². The van der Waals surface area contributed by atoms with Crippen molar-refractivity contribution in [1.82, 2.24) is 9.55 Å². The highest BCUT2D eigenvalue weighted by molar-refractivity contribution is 5.80. The van der Waals surface area contributed by atoms with E-state index in [4.69, 9.17) is 15.2 Å². The van der Waals surface area contributed by atoms with Crippen molar-refractivity contribution in [2.45, 2.75) is 13.1 Å². The zero-order chi connectivity index (χ0) is 13.1. The average Bonchev–Trinajstić information content (AvgIpc) is 2.75. The lowest BCUT2D eigenvalue weighted by Crippen LogP contribution is -2.07. The molecule has 0 bridgehead atoms. The number of hydrogen-bond acceptors (Lipinski definition) is 4. The Bertz CT molecular complexity index is 575. The van der Waals surface area contributed by atoms with Gasteiger partial charge >= 0.3 is 0 Å². The topological polar surface area (TPSA) is 62.3 Å². The number of allylic oxidation sites excluding steroid dienone is 1. The predicted octanol–water partition coefficient (Wildman–Crippen LogP) is 1.70. The second-order valence-corrected chi connectivity index (χ2v) is 3.83. The van der Waals surface area contributed by atoms with E-state index >= 15 is 0 Å². The van der Waals surface area contributed by atoms with Crippen LogP contribution in [0.5, 0.6) is 11.5 Å². The highest BCUT2D eigenvalue weighted by atomic mass is 16.5. The van der Waals surface area contributed by atoms with E-state index in [-0.39, 0.29) is 0 Å². The lowest BCUT2D eigenvalue weighted by Gasteiger charge is -2.08. The first-order valence-corrected chi connectivity index (χ1v) is 5.67. The molecular formula is C13H17N3O2. The largest absolute Gasteiger partial charge is 0.493 e. The Labute approximate surface area is 106 Å². The summed E-state index contributed by atoms with van der Waals surface area (Å²) in [6.45, 7) is 4.80. The standard InChI is InChI=1S/C13H17N3O2/c1-4-5-16-10-7-12(18-3)11(17-2)6-9(10)15-13(16)8-14/h4,6-7H,1,5,8,14H2,2-3H3. The molecule has 1 heterocycles. The monoisotopic (exact) mass is 247 g/mol. The molecule has 2 rings (SSSR count). The number of imidazole rings is 1. The zero-order valence-electron chi connectivity index (χ0n) is 10.6. The molecule has 0 fully saturated rings. The number of nitrogens with zero attached hydrogens (tertiary/aromatic N) is 2. The van der Waals surface area contributed by atoms with Crippen molar-refractivity contribution in [3.8, 4) is 11.5 Å². The molecule has 0 radical (unpaired) electrons. The first-order chi connectivity index (χ1) is 8.74. The summed E-state index contributed by atoms with van der Waals surface area (Å²) >= 11 is 0. The minimum atomic E-state index is 0.382. The fraction of sp³-hybridized carbons (Fsp3) is 0.308. The maximum Gasteiger partial charge on any atom is 0.163 e. The quantitative estimate of drug-likeness (QED) is 0.817. The predicted molar refractivity (Wildman–Crippen MR) is 70.9 cm³/mol. The van der Waals surface area contributed by atoms with E-state index in [0.29, 0.717) is 24.6 Å². The maximum absolute atomic E-state index is 5.71. The molecule has 5 nitrogen and oxygen atoms in total. The summed E-state index contributed by atoms with van der Waals surface area (Å²) in [5.74, 6) is 2.16. The summed E-state index contributed by atoms with van der Waals surface area (Å²) in [5, 5.41) is 0. The molecule has 5 heteroatoms. The first kappa shape index (κ1) is 12.4. The number of nitrogens with two attached hydrogens (primary N) is 1. The van der Waals surface area contributed by atoms with Gasteiger partial charge in [0.25, 0.3) is 0 Å². The van der Waals surface area contributed by atoms with Crippen LogP contribution in [0.2, 0.25) is 0 Å². The molecule has 0 spiro atoms. The van der Waals surface area contributed by atoms with Gasteiger partial charge in [0.2, 0.25) is 0 Å². The van der Waals surface area contributed by atoms with Crippen molar-refractivity contribution >= 4 is 11.0 Å².